The Labute approximate surface area is 166 Å². The molecule has 1 aliphatic heterocycles. The molecule has 0 saturated carbocycles. The first-order valence-electron chi connectivity index (χ1n) is 8.84. The van der Waals surface area contributed by atoms with E-state index in [1.165, 1.54) is 16.9 Å². The zero-order chi connectivity index (χ0) is 20.5. The second kappa shape index (κ2) is 7.84. The lowest BCUT2D eigenvalue weighted by Gasteiger charge is -2.38. The minimum atomic E-state index is -1.05. The molecule has 0 atom stereocenters. The number of amides is 1. The molecule has 3 rings (SSSR count). The van der Waals surface area contributed by atoms with Gasteiger partial charge in [-0.2, -0.15) is 5.10 Å². The molecule has 0 N–H and O–H groups in total. The van der Waals surface area contributed by atoms with E-state index in [1.807, 2.05) is 4.90 Å². The molecule has 2 aromatic rings. The van der Waals surface area contributed by atoms with Crippen molar-refractivity contribution in [1.82, 2.24) is 19.6 Å². The van der Waals surface area contributed by atoms with Gasteiger partial charge < -0.3 is 4.90 Å². The molecule has 1 aromatic heterocycles. The predicted octanol–water partition coefficient (Wildman–Crippen LogP) is 2.66. The van der Waals surface area contributed by atoms with Crippen LogP contribution < -0.4 is 0 Å². The number of piperazine rings is 1. The minimum absolute atomic E-state index is 0.160. The molecule has 0 radical (unpaired) electrons. The van der Waals surface area contributed by atoms with Gasteiger partial charge in [-0.25, -0.2) is 4.39 Å². The number of benzene rings is 1. The topological polar surface area (TPSA) is 84.5 Å². The van der Waals surface area contributed by atoms with E-state index in [2.05, 4.69) is 5.10 Å². The number of hydrogen-bond acceptors (Lipinski definition) is 5. The number of aromatic nitrogens is 2. The van der Waals surface area contributed by atoms with Gasteiger partial charge in [0.1, 0.15) is 23.7 Å². The van der Waals surface area contributed by atoms with E-state index in [-0.39, 0.29) is 17.4 Å². The first-order chi connectivity index (χ1) is 13.2. The van der Waals surface area contributed by atoms with E-state index in [4.69, 9.17) is 11.6 Å². The molecule has 2 heterocycles. The summed E-state index contributed by atoms with van der Waals surface area (Å²) in [6.45, 7) is 5.82. The maximum Gasteiger partial charge on any atom is 0.307 e. The van der Waals surface area contributed by atoms with Crippen LogP contribution in [0.2, 0.25) is 5.02 Å². The van der Waals surface area contributed by atoms with Gasteiger partial charge >= 0.3 is 5.69 Å². The Morgan fingerprint density at radius 2 is 2.00 bits per heavy atom. The SMILES string of the molecule is CC(C)(C(=O)N1CCN(Cc2c(F)cccc2Cl)CC1)n1cc([N+](=O)[O-])cn1. The quantitative estimate of drug-likeness (QED) is 0.560. The highest BCUT2D eigenvalue weighted by atomic mass is 35.5. The van der Waals surface area contributed by atoms with Crippen LogP contribution in [0.5, 0.6) is 0 Å². The van der Waals surface area contributed by atoms with Crippen molar-refractivity contribution in [3.8, 4) is 0 Å². The Balaban J connectivity index is 1.63. The summed E-state index contributed by atoms with van der Waals surface area (Å²) in [5.74, 6) is -0.513. The highest BCUT2D eigenvalue weighted by Gasteiger charge is 2.37. The maximum atomic E-state index is 14.0. The number of rotatable bonds is 5. The largest absolute Gasteiger partial charge is 0.338 e. The highest BCUT2D eigenvalue weighted by Crippen LogP contribution is 2.24. The van der Waals surface area contributed by atoms with Crippen molar-refractivity contribution >= 4 is 23.2 Å². The van der Waals surface area contributed by atoms with Gasteiger partial charge in [-0.3, -0.25) is 24.5 Å². The van der Waals surface area contributed by atoms with Crippen molar-refractivity contribution < 1.29 is 14.1 Å². The van der Waals surface area contributed by atoms with Gasteiger partial charge in [0.05, 0.1) is 4.92 Å². The second-order valence-electron chi connectivity index (χ2n) is 7.23. The van der Waals surface area contributed by atoms with Gasteiger partial charge in [0.15, 0.2) is 0 Å². The fourth-order valence-electron chi connectivity index (χ4n) is 3.21. The first kappa shape index (κ1) is 20.2. The first-order valence-corrected chi connectivity index (χ1v) is 9.22. The lowest BCUT2D eigenvalue weighted by Crippen LogP contribution is -2.54. The molecule has 1 aromatic carbocycles. The van der Waals surface area contributed by atoms with Gasteiger partial charge in [-0.15, -0.1) is 0 Å². The van der Waals surface area contributed by atoms with Gasteiger partial charge in [-0.05, 0) is 26.0 Å². The third-order valence-electron chi connectivity index (χ3n) is 4.98. The number of hydrogen-bond donors (Lipinski definition) is 0. The zero-order valence-corrected chi connectivity index (χ0v) is 16.4. The van der Waals surface area contributed by atoms with E-state index < -0.39 is 10.5 Å². The van der Waals surface area contributed by atoms with Crippen molar-refractivity contribution in [2.75, 3.05) is 26.2 Å². The van der Waals surface area contributed by atoms with Crippen LogP contribution in [0.1, 0.15) is 19.4 Å². The number of nitro groups is 1. The molecule has 1 saturated heterocycles. The van der Waals surface area contributed by atoms with Crippen LogP contribution in [0.3, 0.4) is 0 Å². The fourth-order valence-corrected chi connectivity index (χ4v) is 3.44. The van der Waals surface area contributed by atoms with Crippen molar-refractivity contribution in [3.63, 3.8) is 0 Å². The number of nitrogens with zero attached hydrogens (tertiary/aromatic N) is 5. The van der Waals surface area contributed by atoms with Crippen LogP contribution in [0.25, 0.3) is 0 Å². The van der Waals surface area contributed by atoms with Crippen LogP contribution in [0, 0.1) is 15.9 Å². The average Bonchev–Trinajstić information content (AvgIpc) is 3.16. The summed E-state index contributed by atoms with van der Waals surface area (Å²) in [6.07, 6.45) is 2.39. The molecule has 1 fully saturated rings. The van der Waals surface area contributed by atoms with Gasteiger partial charge in [0, 0.05) is 43.3 Å². The molecule has 0 bridgehead atoms. The summed E-state index contributed by atoms with van der Waals surface area (Å²) < 4.78 is 15.3. The normalized spacial score (nSPS) is 15.6. The smallest absolute Gasteiger partial charge is 0.307 e. The van der Waals surface area contributed by atoms with Crippen LogP contribution >= 0.6 is 11.6 Å². The van der Waals surface area contributed by atoms with Crippen molar-refractivity contribution in [3.05, 3.63) is 57.1 Å². The monoisotopic (exact) mass is 409 g/mol. The highest BCUT2D eigenvalue weighted by molar-refractivity contribution is 6.31. The molecule has 10 heteroatoms. The lowest BCUT2D eigenvalue weighted by atomic mass is 10.0. The van der Waals surface area contributed by atoms with E-state index in [1.54, 1.807) is 30.9 Å². The summed E-state index contributed by atoms with van der Waals surface area (Å²) in [6, 6.07) is 4.61. The van der Waals surface area contributed by atoms with Gasteiger partial charge in [-0.1, -0.05) is 17.7 Å². The molecule has 1 aliphatic rings. The fraction of sp³-hybridized carbons (Fsp3) is 0.444. The molecule has 0 aliphatic carbocycles. The van der Waals surface area contributed by atoms with Crippen LogP contribution in [0.15, 0.2) is 30.6 Å². The maximum absolute atomic E-state index is 14.0. The van der Waals surface area contributed by atoms with Crippen molar-refractivity contribution in [2.45, 2.75) is 25.9 Å². The average molecular weight is 410 g/mol. The van der Waals surface area contributed by atoms with E-state index in [0.717, 1.165) is 6.20 Å². The van der Waals surface area contributed by atoms with Crippen LogP contribution in [-0.4, -0.2) is 56.6 Å². The van der Waals surface area contributed by atoms with Crippen molar-refractivity contribution in [2.24, 2.45) is 0 Å². The molecule has 0 spiro atoms. The molecular weight excluding hydrogens is 389 g/mol. The van der Waals surface area contributed by atoms with Crippen molar-refractivity contribution in [1.29, 1.82) is 0 Å². The molecule has 0 unspecified atom stereocenters. The number of halogens is 2. The van der Waals surface area contributed by atoms with Gasteiger partial charge in [0.2, 0.25) is 5.91 Å². The number of carbonyl (C=O) groups excluding carboxylic acids is 1. The zero-order valence-electron chi connectivity index (χ0n) is 15.6. The Morgan fingerprint density at radius 1 is 1.32 bits per heavy atom. The third kappa shape index (κ3) is 4.00. The molecule has 1 amide bonds. The summed E-state index contributed by atoms with van der Waals surface area (Å²) >= 11 is 6.09. The summed E-state index contributed by atoms with van der Waals surface area (Å²) in [7, 11) is 0. The van der Waals surface area contributed by atoms with Gasteiger partial charge in [0.25, 0.3) is 0 Å². The third-order valence-corrected chi connectivity index (χ3v) is 5.33. The predicted molar refractivity (Wildman–Crippen MR) is 101 cm³/mol. The minimum Gasteiger partial charge on any atom is -0.338 e. The Bertz CT molecular complexity index is 873. The molecule has 8 nitrogen and oxygen atoms in total. The van der Waals surface area contributed by atoms with E-state index in [9.17, 15) is 19.3 Å². The summed E-state index contributed by atoms with van der Waals surface area (Å²) in [5, 5.41) is 15.2. The molecule has 28 heavy (non-hydrogen) atoms. The van der Waals surface area contributed by atoms with Crippen LogP contribution in [0.4, 0.5) is 10.1 Å². The van der Waals surface area contributed by atoms with E-state index >= 15 is 0 Å². The van der Waals surface area contributed by atoms with E-state index in [0.29, 0.717) is 43.3 Å². The summed E-state index contributed by atoms with van der Waals surface area (Å²) in [4.78, 5) is 27.0. The lowest BCUT2D eigenvalue weighted by molar-refractivity contribution is -0.385. The molecular formula is C18H21ClFN5O3. The Morgan fingerprint density at radius 3 is 2.57 bits per heavy atom. The summed E-state index contributed by atoms with van der Waals surface area (Å²) in [5.41, 5.74) is -0.758. The van der Waals surface area contributed by atoms with Crippen LogP contribution in [-0.2, 0) is 16.9 Å². The molecule has 150 valence electrons. The standard InChI is InChI=1S/C18H21ClFN5O3/c1-18(2,24-11-13(10-21-24)25(27)28)17(26)23-8-6-22(7-9-23)12-14-15(19)4-3-5-16(14)20/h3-5,10-11H,6-9,12H2,1-2H3. The number of carbonyl (C=O) groups is 1. The second-order valence-corrected chi connectivity index (χ2v) is 7.63. The Hall–Kier alpha value is -2.52. The Kier molecular flexibility index (Phi) is 5.66.